The van der Waals surface area contributed by atoms with Crippen LogP contribution >= 0.6 is 0 Å². The molecule has 0 aliphatic rings. The predicted octanol–water partition coefficient (Wildman–Crippen LogP) is 1.94. The second kappa shape index (κ2) is 3.31. The van der Waals surface area contributed by atoms with Crippen LogP contribution in [0, 0.1) is 13.8 Å². The fourth-order valence-electron chi connectivity index (χ4n) is 1.49. The number of carboxylic acid groups (broad SMARTS) is 1. The normalized spacial score (nSPS) is 10.5. The highest BCUT2D eigenvalue weighted by Gasteiger charge is 2.10. The smallest absolute Gasteiger partial charge is 0.338 e. The zero-order chi connectivity index (χ0) is 11.0. The van der Waals surface area contributed by atoms with Crippen LogP contribution < -0.4 is 0 Å². The topological polar surface area (TPSA) is 63.1 Å². The monoisotopic (exact) mass is 202 g/mol. The van der Waals surface area contributed by atoms with Crippen molar-refractivity contribution >= 4 is 16.9 Å². The fraction of sp³-hybridized carbons (Fsp3) is 0.182. The molecule has 4 heteroatoms. The van der Waals surface area contributed by atoms with Gasteiger partial charge in [-0.1, -0.05) is 0 Å². The molecule has 0 bridgehead atoms. The Morgan fingerprint density at radius 2 is 1.93 bits per heavy atom. The van der Waals surface area contributed by atoms with Gasteiger partial charge in [0.2, 0.25) is 0 Å². The molecular formula is C11H10N2O2. The van der Waals surface area contributed by atoms with Gasteiger partial charge < -0.3 is 5.11 Å². The summed E-state index contributed by atoms with van der Waals surface area (Å²) in [7, 11) is 0. The first kappa shape index (κ1) is 9.58. The first-order chi connectivity index (χ1) is 7.09. The molecule has 0 atom stereocenters. The van der Waals surface area contributed by atoms with Crippen LogP contribution in [0.5, 0.6) is 0 Å². The molecule has 0 aliphatic heterocycles. The third-order valence-electron chi connectivity index (χ3n) is 2.48. The highest BCUT2D eigenvalue weighted by atomic mass is 16.4. The molecule has 0 spiro atoms. The SMILES string of the molecule is Cc1cc2nncc(C(=O)O)c2cc1C. The van der Waals surface area contributed by atoms with Gasteiger partial charge in [0.1, 0.15) is 0 Å². The van der Waals surface area contributed by atoms with E-state index in [-0.39, 0.29) is 5.56 Å². The summed E-state index contributed by atoms with van der Waals surface area (Å²) >= 11 is 0. The van der Waals surface area contributed by atoms with Gasteiger partial charge in [-0.15, -0.1) is 0 Å². The highest BCUT2D eigenvalue weighted by molar-refractivity contribution is 6.02. The van der Waals surface area contributed by atoms with Crippen LogP contribution in [0.15, 0.2) is 18.3 Å². The van der Waals surface area contributed by atoms with E-state index in [1.807, 2.05) is 26.0 Å². The highest BCUT2D eigenvalue weighted by Crippen LogP contribution is 2.20. The Morgan fingerprint density at radius 3 is 2.60 bits per heavy atom. The number of benzene rings is 1. The molecule has 2 aromatic rings. The van der Waals surface area contributed by atoms with Crippen LogP contribution in [0.1, 0.15) is 21.5 Å². The Kier molecular flexibility index (Phi) is 2.11. The van der Waals surface area contributed by atoms with Crippen molar-refractivity contribution in [2.45, 2.75) is 13.8 Å². The number of hydrogen-bond donors (Lipinski definition) is 1. The first-order valence-electron chi connectivity index (χ1n) is 4.55. The first-order valence-corrected chi connectivity index (χ1v) is 4.55. The minimum absolute atomic E-state index is 0.197. The summed E-state index contributed by atoms with van der Waals surface area (Å²) in [6, 6.07) is 3.69. The number of aromatic carboxylic acids is 1. The van der Waals surface area contributed by atoms with Gasteiger partial charge in [-0.25, -0.2) is 4.79 Å². The van der Waals surface area contributed by atoms with Gasteiger partial charge in [-0.05, 0) is 37.1 Å². The van der Waals surface area contributed by atoms with Gasteiger partial charge in [-0.3, -0.25) is 0 Å². The van der Waals surface area contributed by atoms with Crippen LogP contribution in [-0.4, -0.2) is 21.3 Å². The van der Waals surface area contributed by atoms with E-state index in [4.69, 9.17) is 5.11 Å². The summed E-state index contributed by atoms with van der Waals surface area (Å²) in [5, 5.41) is 17.2. The molecule has 0 saturated heterocycles. The maximum Gasteiger partial charge on any atom is 0.338 e. The van der Waals surface area contributed by atoms with Crippen molar-refractivity contribution in [2.75, 3.05) is 0 Å². The average molecular weight is 202 g/mol. The number of nitrogens with zero attached hydrogens (tertiary/aromatic N) is 2. The van der Waals surface area contributed by atoms with E-state index in [2.05, 4.69) is 10.2 Å². The van der Waals surface area contributed by atoms with E-state index in [1.54, 1.807) is 0 Å². The summed E-state index contributed by atoms with van der Waals surface area (Å²) in [5.41, 5.74) is 2.96. The van der Waals surface area contributed by atoms with Gasteiger partial charge in [0.15, 0.2) is 0 Å². The lowest BCUT2D eigenvalue weighted by Crippen LogP contribution is -2.00. The van der Waals surface area contributed by atoms with E-state index in [0.717, 1.165) is 11.1 Å². The summed E-state index contributed by atoms with van der Waals surface area (Å²) in [6.45, 7) is 3.91. The second-order valence-electron chi connectivity index (χ2n) is 3.52. The van der Waals surface area contributed by atoms with Crippen molar-refractivity contribution < 1.29 is 9.90 Å². The third kappa shape index (κ3) is 1.54. The molecule has 2 rings (SSSR count). The molecular weight excluding hydrogens is 192 g/mol. The van der Waals surface area contributed by atoms with E-state index >= 15 is 0 Å². The largest absolute Gasteiger partial charge is 0.478 e. The van der Waals surface area contributed by atoms with Crippen LogP contribution in [0.4, 0.5) is 0 Å². The Bertz CT molecular complexity index is 550. The van der Waals surface area contributed by atoms with Crippen molar-refractivity contribution in [3.05, 3.63) is 35.0 Å². The lowest BCUT2D eigenvalue weighted by Gasteiger charge is -2.04. The molecule has 0 amide bonds. The van der Waals surface area contributed by atoms with Crippen molar-refractivity contribution in [1.82, 2.24) is 10.2 Å². The summed E-state index contributed by atoms with van der Waals surface area (Å²) < 4.78 is 0. The molecule has 1 aromatic heterocycles. The second-order valence-corrected chi connectivity index (χ2v) is 3.52. The standard InChI is InChI=1S/C11H10N2O2/c1-6-3-8-9(11(14)15)5-12-13-10(8)4-7(6)2/h3-5H,1-2H3,(H,14,15). The maximum absolute atomic E-state index is 10.9. The van der Waals surface area contributed by atoms with Crippen LogP contribution in [0.3, 0.4) is 0 Å². The summed E-state index contributed by atoms with van der Waals surface area (Å²) in [5.74, 6) is -0.974. The Labute approximate surface area is 86.6 Å². The van der Waals surface area contributed by atoms with Crippen LogP contribution in [0.25, 0.3) is 10.9 Å². The minimum Gasteiger partial charge on any atom is -0.478 e. The van der Waals surface area contributed by atoms with E-state index < -0.39 is 5.97 Å². The number of aromatic nitrogens is 2. The average Bonchev–Trinajstić information content (AvgIpc) is 2.18. The summed E-state index contributed by atoms with van der Waals surface area (Å²) in [4.78, 5) is 10.9. The third-order valence-corrected chi connectivity index (χ3v) is 2.48. The molecule has 0 radical (unpaired) electrons. The lowest BCUT2D eigenvalue weighted by molar-refractivity contribution is 0.0698. The van der Waals surface area contributed by atoms with Gasteiger partial charge in [0.25, 0.3) is 0 Å². The Balaban J connectivity index is 2.86. The quantitative estimate of drug-likeness (QED) is 0.767. The van der Waals surface area contributed by atoms with E-state index in [0.29, 0.717) is 10.9 Å². The van der Waals surface area contributed by atoms with Crippen molar-refractivity contribution in [3.8, 4) is 0 Å². The number of carboxylic acids is 1. The lowest BCUT2D eigenvalue weighted by atomic mass is 10.0. The number of hydrogen-bond acceptors (Lipinski definition) is 3. The molecule has 0 unspecified atom stereocenters. The fourth-order valence-corrected chi connectivity index (χ4v) is 1.49. The molecule has 1 heterocycles. The van der Waals surface area contributed by atoms with Gasteiger partial charge in [-0.2, -0.15) is 10.2 Å². The van der Waals surface area contributed by atoms with E-state index in [1.165, 1.54) is 6.20 Å². The number of aryl methyl sites for hydroxylation is 2. The van der Waals surface area contributed by atoms with Crippen molar-refractivity contribution in [2.24, 2.45) is 0 Å². The maximum atomic E-state index is 10.9. The molecule has 76 valence electrons. The molecule has 0 aliphatic carbocycles. The van der Waals surface area contributed by atoms with Crippen LogP contribution in [0.2, 0.25) is 0 Å². The number of fused-ring (bicyclic) bond motifs is 1. The molecule has 15 heavy (non-hydrogen) atoms. The van der Waals surface area contributed by atoms with Crippen molar-refractivity contribution in [1.29, 1.82) is 0 Å². The Morgan fingerprint density at radius 1 is 1.27 bits per heavy atom. The molecule has 1 N–H and O–H groups in total. The van der Waals surface area contributed by atoms with Gasteiger partial charge in [0, 0.05) is 5.39 Å². The van der Waals surface area contributed by atoms with Crippen LogP contribution in [-0.2, 0) is 0 Å². The Hall–Kier alpha value is -1.97. The zero-order valence-corrected chi connectivity index (χ0v) is 8.48. The summed E-state index contributed by atoms with van der Waals surface area (Å²) in [6.07, 6.45) is 1.28. The molecule has 4 nitrogen and oxygen atoms in total. The van der Waals surface area contributed by atoms with Gasteiger partial charge >= 0.3 is 5.97 Å². The molecule has 1 aromatic carbocycles. The van der Waals surface area contributed by atoms with Gasteiger partial charge in [0.05, 0.1) is 17.3 Å². The number of carbonyl (C=O) groups is 1. The zero-order valence-electron chi connectivity index (χ0n) is 8.48. The molecule has 0 fully saturated rings. The van der Waals surface area contributed by atoms with E-state index in [9.17, 15) is 4.79 Å². The minimum atomic E-state index is -0.974. The predicted molar refractivity (Wildman–Crippen MR) is 56.0 cm³/mol. The van der Waals surface area contributed by atoms with Crippen molar-refractivity contribution in [3.63, 3.8) is 0 Å². The number of rotatable bonds is 1. The molecule has 0 saturated carbocycles.